The van der Waals surface area contributed by atoms with Crippen LogP contribution in [-0.2, 0) is 9.59 Å². The molecule has 5 heteroatoms. The van der Waals surface area contributed by atoms with Gasteiger partial charge in [-0.05, 0) is 31.8 Å². The van der Waals surface area contributed by atoms with E-state index in [0.717, 1.165) is 19.5 Å². The van der Waals surface area contributed by atoms with Crippen LogP contribution in [0.2, 0.25) is 0 Å². The maximum absolute atomic E-state index is 12.3. The summed E-state index contributed by atoms with van der Waals surface area (Å²) >= 11 is 0. The molecule has 2 aliphatic heterocycles. The highest BCUT2D eigenvalue weighted by molar-refractivity contribution is 5.79. The van der Waals surface area contributed by atoms with Crippen molar-refractivity contribution in [2.75, 3.05) is 39.3 Å². The van der Waals surface area contributed by atoms with E-state index < -0.39 is 0 Å². The van der Waals surface area contributed by atoms with Crippen molar-refractivity contribution in [3.8, 4) is 0 Å². The zero-order valence-corrected chi connectivity index (χ0v) is 12.7. The van der Waals surface area contributed by atoms with Gasteiger partial charge in [0.2, 0.25) is 11.8 Å². The summed E-state index contributed by atoms with van der Waals surface area (Å²) in [5.41, 5.74) is 0. The lowest BCUT2D eigenvalue weighted by molar-refractivity contribution is -0.141. The summed E-state index contributed by atoms with van der Waals surface area (Å²) in [6.07, 6.45) is 2.99. The summed E-state index contributed by atoms with van der Waals surface area (Å²) < 4.78 is 0. The number of carbonyl (C=O) groups excluding carboxylic acids is 2. The summed E-state index contributed by atoms with van der Waals surface area (Å²) in [4.78, 5) is 28.0. The van der Waals surface area contributed by atoms with E-state index in [-0.39, 0.29) is 17.7 Å². The zero-order chi connectivity index (χ0) is 14.5. The average Bonchev–Trinajstić information content (AvgIpc) is 2.47. The molecule has 2 fully saturated rings. The van der Waals surface area contributed by atoms with Crippen LogP contribution in [0.1, 0.15) is 33.1 Å². The van der Waals surface area contributed by atoms with Crippen LogP contribution in [0, 0.1) is 11.8 Å². The second kappa shape index (κ2) is 7.07. The van der Waals surface area contributed by atoms with Gasteiger partial charge in [0, 0.05) is 38.5 Å². The summed E-state index contributed by atoms with van der Waals surface area (Å²) in [7, 11) is 0. The van der Waals surface area contributed by atoms with Gasteiger partial charge >= 0.3 is 0 Å². The third-order valence-corrected chi connectivity index (χ3v) is 4.30. The van der Waals surface area contributed by atoms with Gasteiger partial charge in [0.15, 0.2) is 0 Å². The Morgan fingerprint density at radius 3 is 2.35 bits per heavy atom. The first-order valence-corrected chi connectivity index (χ1v) is 7.85. The third-order valence-electron chi connectivity index (χ3n) is 4.30. The Morgan fingerprint density at radius 1 is 1.15 bits per heavy atom. The molecular formula is C15H27N3O2. The number of hydrogen-bond acceptors (Lipinski definition) is 3. The molecule has 0 aromatic rings. The number of piperazine rings is 1. The molecule has 2 amide bonds. The number of carbonyl (C=O) groups is 2. The highest BCUT2D eigenvalue weighted by Gasteiger charge is 2.26. The average molecular weight is 281 g/mol. The van der Waals surface area contributed by atoms with E-state index in [2.05, 4.69) is 5.32 Å². The number of amides is 2. The minimum absolute atomic E-state index is 0.0468. The molecule has 0 aromatic carbocycles. The van der Waals surface area contributed by atoms with E-state index in [9.17, 15) is 9.59 Å². The molecule has 0 bridgehead atoms. The first kappa shape index (κ1) is 15.3. The highest BCUT2D eigenvalue weighted by atomic mass is 16.2. The Balaban J connectivity index is 1.75. The molecule has 0 saturated carbocycles. The van der Waals surface area contributed by atoms with Gasteiger partial charge in [-0.15, -0.1) is 0 Å². The predicted molar refractivity (Wildman–Crippen MR) is 78.2 cm³/mol. The number of nitrogens with zero attached hydrogens (tertiary/aromatic N) is 2. The van der Waals surface area contributed by atoms with Crippen molar-refractivity contribution in [2.24, 2.45) is 11.8 Å². The Hall–Kier alpha value is -1.10. The van der Waals surface area contributed by atoms with Crippen molar-refractivity contribution in [3.63, 3.8) is 0 Å². The maximum Gasteiger partial charge on any atom is 0.225 e. The molecule has 1 unspecified atom stereocenters. The molecule has 0 spiro atoms. The third kappa shape index (κ3) is 3.95. The molecule has 5 nitrogen and oxygen atoms in total. The van der Waals surface area contributed by atoms with Crippen molar-refractivity contribution in [2.45, 2.75) is 33.1 Å². The van der Waals surface area contributed by atoms with E-state index in [1.54, 1.807) is 0 Å². The Morgan fingerprint density at radius 2 is 1.80 bits per heavy atom. The van der Waals surface area contributed by atoms with Crippen molar-refractivity contribution in [3.05, 3.63) is 0 Å². The van der Waals surface area contributed by atoms with Gasteiger partial charge in [0.05, 0.1) is 0 Å². The molecule has 114 valence electrons. The minimum Gasteiger partial charge on any atom is -0.339 e. The van der Waals surface area contributed by atoms with Crippen molar-refractivity contribution in [1.29, 1.82) is 0 Å². The lowest BCUT2D eigenvalue weighted by Gasteiger charge is -2.36. The second-order valence-electron chi connectivity index (χ2n) is 6.28. The largest absolute Gasteiger partial charge is 0.339 e. The van der Waals surface area contributed by atoms with Gasteiger partial charge in [-0.1, -0.05) is 13.8 Å². The van der Waals surface area contributed by atoms with E-state index in [1.165, 1.54) is 6.42 Å². The molecule has 0 aromatic heterocycles. The topological polar surface area (TPSA) is 52.7 Å². The molecule has 20 heavy (non-hydrogen) atoms. The van der Waals surface area contributed by atoms with Crippen LogP contribution in [-0.4, -0.2) is 60.9 Å². The molecule has 2 saturated heterocycles. The van der Waals surface area contributed by atoms with Crippen LogP contribution in [0.3, 0.4) is 0 Å². The molecular weight excluding hydrogens is 254 g/mol. The SMILES string of the molecule is CC(C)C(=O)N1CCN(C(=O)CC2CCCNC2)CC1. The van der Waals surface area contributed by atoms with Gasteiger partial charge < -0.3 is 15.1 Å². The number of nitrogens with one attached hydrogen (secondary N) is 1. The van der Waals surface area contributed by atoms with Gasteiger partial charge in [-0.25, -0.2) is 0 Å². The van der Waals surface area contributed by atoms with E-state index >= 15 is 0 Å². The van der Waals surface area contributed by atoms with Crippen LogP contribution < -0.4 is 5.32 Å². The fourth-order valence-corrected chi connectivity index (χ4v) is 3.02. The standard InChI is InChI=1S/C15H27N3O2/c1-12(2)15(20)18-8-6-17(7-9-18)14(19)10-13-4-3-5-16-11-13/h12-13,16H,3-11H2,1-2H3. The summed E-state index contributed by atoms with van der Waals surface area (Å²) in [6.45, 7) is 8.66. The predicted octanol–water partition coefficient (Wildman–Crippen LogP) is 0.703. The number of piperidine rings is 1. The van der Waals surface area contributed by atoms with Gasteiger partial charge in [0.25, 0.3) is 0 Å². The van der Waals surface area contributed by atoms with Crippen molar-refractivity contribution in [1.82, 2.24) is 15.1 Å². The zero-order valence-electron chi connectivity index (χ0n) is 12.7. The first-order valence-electron chi connectivity index (χ1n) is 7.85. The lowest BCUT2D eigenvalue weighted by atomic mass is 9.95. The van der Waals surface area contributed by atoms with Crippen molar-refractivity contribution < 1.29 is 9.59 Å². The van der Waals surface area contributed by atoms with E-state index in [4.69, 9.17) is 0 Å². The molecule has 0 radical (unpaired) electrons. The Bertz CT molecular complexity index is 343. The molecule has 2 aliphatic rings. The normalized spacial score (nSPS) is 24.1. The summed E-state index contributed by atoms with van der Waals surface area (Å²) in [6, 6.07) is 0. The van der Waals surface area contributed by atoms with Gasteiger partial charge in [0.1, 0.15) is 0 Å². The molecule has 0 aliphatic carbocycles. The highest BCUT2D eigenvalue weighted by Crippen LogP contribution is 2.16. The fraction of sp³-hybridized carbons (Fsp3) is 0.867. The summed E-state index contributed by atoms with van der Waals surface area (Å²) in [5.74, 6) is 1.00. The van der Waals surface area contributed by atoms with Crippen LogP contribution in [0.25, 0.3) is 0 Å². The van der Waals surface area contributed by atoms with Gasteiger partial charge in [-0.3, -0.25) is 9.59 Å². The van der Waals surface area contributed by atoms with Crippen LogP contribution in [0.5, 0.6) is 0 Å². The Kier molecular flexibility index (Phi) is 5.40. The van der Waals surface area contributed by atoms with Gasteiger partial charge in [-0.2, -0.15) is 0 Å². The van der Waals surface area contributed by atoms with E-state index in [1.807, 2.05) is 23.6 Å². The van der Waals surface area contributed by atoms with Crippen molar-refractivity contribution >= 4 is 11.8 Å². The maximum atomic E-state index is 12.3. The fourth-order valence-electron chi connectivity index (χ4n) is 3.02. The monoisotopic (exact) mass is 281 g/mol. The second-order valence-corrected chi connectivity index (χ2v) is 6.28. The quantitative estimate of drug-likeness (QED) is 0.828. The summed E-state index contributed by atoms with van der Waals surface area (Å²) in [5, 5.41) is 3.35. The lowest BCUT2D eigenvalue weighted by Crippen LogP contribution is -2.52. The Labute approximate surface area is 121 Å². The first-order chi connectivity index (χ1) is 9.58. The molecule has 2 heterocycles. The molecule has 1 N–H and O–H groups in total. The van der Waals surface area contributed by atoms with Crippen LogP contribution in [0.4, 0.5) is 0 Å². The molecule has 2 rings (SSSR count). The van der Waals surface area contributed by atoms with Crippen LogP contribution >= 0.6 is 0 Å². The molecule has 1 atom stereocenters. The van der Waals surface area contributed by atoms with Crippen LogP contribution in [0.15, 0.2) is 0 Å². The number of rotatable bonds is 3. The minimum atomic E-state index is 0.0468. The van der Waals surface area contributed by atoms with E-state index in [0.29, 0.717) is 38.5 Å². The smallest absolute Gasteiger partial charge is 0.225 e. The number of hydrogen-bond donors (Lipinski definition) is 1.